The third-order valence-electron chi connectivity index (χ3n) is 8.26. The summed E-state index contributed by atoms with van der Waals surface area (Å²) in [6.07, 6.45) is 3.94. The predicted octanol–water partition coefficient (Wildman–Crippen LogP) is 5.48. The molecule has 4 aromatic rings. The first kappa shape index (κ1) is 28.6. The second-order valence-corrected chi connectivity index (χ2v) is 12.1. The number of nitrogens with one attached hydrogen (secondary N) is 1. The first-order valence-electron chi connectivity index (χ1n) is 14.6. The van der Waals surface area contributed by atoms with Crippen molar-refractivity contribution in [1.29, 1.82) is 0 Å². The van der Waals surface area contributed by atoms with E-state index in [1.807, 2.05) is 43.7 Å². The van der Waals surface area contributed by atoms with E-state index in [-0.39, 0.29) is 28.8 Å². The number of aromatic nitrogens is 5. The van der Waals surface area contributed by atoms with Crippen molar-refractivity contribution in [2.75, 3.05) is 38.1 Å². The average Bonchev–Trinajstić information content (AvgIpc) is 3.55. The Balaban J connectivity index is 1.14. The largest absolute Gasteiger partial charge is 0.373 e. The van der Waals surface area contributed by atoms with E-state index in [0.717, 1.165) is 51.0 Å². The summed E-state index contributed by atoms with van der Waals surface area (Å²) in [7, 11) is 0. The molecule has 6 rings (SSSR count). The Morgan fingerprint density at radius 1 is 1.12 bits per heavy atom. The van der Waals surface area contributed by atoms with Gasteiger partial charge in [-0.05, 0) is 64.8 Å². The lowest BCUT2D eigenvalue weighted by atomic mass is 9.99. The molecule has 2 aliphatic rings. The summed E-state index contributed by atoms with van der Waals surface area (Å²) < 4.78 is 38.0. The SMILES string of the molecule is Cc1nc2c(F)cc(-c3nc(Nc4ccc(CN5CCO[C@](C)(CCN6CC6C)C5)cn4)ncc3F)cc2n1C(C)C. The number of hydrogen-bond acceptors (Lipinski definition) is 8. The van der Waals surface area contributed by atoms with Gasteiger partial charge >= 0.3 is 0 Å². The fraction of sp³-hybridized carbons (Fsp3) is 0.484. The first-order valence-corrected chi connectivity index (χ1v) is 14.6. The minimum atomic E-state index is -0.642. The highest BCUT2D eigenvalue weighted by molar-refractivity contribution is 5.83. The highest BCUT2D eigenvalue weighted by Gasteiger charge is 2.36. The zero-order valence-electron chi connectivity index (χ0n) is 24.9. The monoisotopic (exact) mass is 576 g/mol. The predicted molar refractivity (Wildman–Crippen MR) is 159 cm³/mol. The number of hydrogen-bond donors (Lipinski definition) is 1. The Bertz CT molecular complexity index is 1590. The van der Waals surface area contributed by atoms with E-state index in [2.05, 4.69) is 48.9 Å². The van der Waals surface area contributed by atoms with Crippen LogP contribution in [0.3, 0.4) is 0 Å². The molecule has 2 unspecified atom stereocenters. The van der Waals surface area contributed by atoms with E-state index in [4.69, 9.17) is 4.74 Å². The summed E-state index contributed by atoms with van der Waals surface area (Å²) in [4.78, 5) is 22.3. The number of aryl methyl sites for hydroxylation is 1. The van der Waals surface area contributed by atoms with Crippen molar-refractivity contribution in [2.24, 2.45) is 0 Å². The van der Waals surface area contributed by atoms with Crippen LogP contribution in [0.25, 0.3) is 22.3 Å². The summed E-state index contributed by atoms with van der Waals surface area (Å²) in [5.41, 5.74) is 2.11. The maximum atomic E-state index is 15.0. The third kappa shape index (κ3) is 5.99. The van der Waals surface area contributed by atoms with Crippen LogP contribution in [-0.4, -0.2) is 78.7 Å². The molecule has 0 aliphatic carbocycles. The van der Waals surface area contributed by atoms with Gasteiger partial charge in [0.1, 0.15) is 22.9 Å². The van der Waals surface area contributed by atoms with E-state index in [1.165, 1.54) is 12.6 Å². The Morgan fingerprint density at radius 2 is 1.93 bits per heavy atom. The topological polar surface area (TPSA) is 84.0 Å². The van der Waals surface area contributed by atoms with E-state index >= 15 is 4.39 Å². The second kappa shape index (κ2) is 11.3. The van der Waals surface area contributed by atoms with Crippen molar-refractivity contribution >= 4 is 22.8 Å². The van der Waals surface area contributed by atoms with Gasteiger partial charge in [0.15, 0.2) is 11.6 Å². The lowest BCUT2D eigenvalue weighted by Gasteiger charge is -2.40. The molecule has 0 saturated carbocycles. The molecule has 0 bridgehead atoms. The van der Waals surface area contributed by atoms with E-state index in [1.54, 1.807) is 6.07 Å². The van der Waals surface area contributed by atoms with Crippen LogP contribution in [-0.2, 0) is 11.3 Å². The Kier molecular flexibility index (Phi) is 7.67. The van der Waals surface area contributed by atoms with Crippen LogP contribution in [0, 0.1) is 18.6 Å². The minimum Gasteiger partial charge on any atom is -0.373 e. The van der Waals surface area contributed by atoms with E-state index in [9.17, 15) is 4.39 Å². The van der Waals surface area contributed by atoms with Gasteiger partial charge in [-0.15, -0.1) is 0 Å². The smallest absolute Gasteiger partial charge is 0.229 e. The summed E-state index contributed by atoms with van der Waals surface area (Å²) in [6.45, 7) is 15.8. The fourth-order valence-electron chi connectivity index (χ4n) is 5.94. The van der Waals surface area contributed by atoms with Gasteiger partial charge in [-0.2, -0.15) is 0 Å². The zero-order chi connectivity index (χ0) is 29.6. The number of imidazole rings is 1. The van der Waals surface area contributed by atoms with Gasteiger partial charge in [0.25, 0.3) is 0 Å². The number of nitrogens with zero attached hydrogens (tertiary/aromatic N) is 7. The molecule has 0 amide bonds. The van der Waals surface area contributed by atoms with E-state index < -0.39 is 11.6 Å². The Hall–Kier alpha value is -3.54. The number of rotatable bonds is 9. The van der Waals surface area contributed by atoms with Gasteiger partial charge in [0.2, 0.25) is 5.95 Å². The molecule has 222 valence electrons. The molecule has 2 aliphatic heterocycles. The molecule has 0 spiro atoms. The normalized spacial score (nSPS) is 22.7. The number of pyridine rings is 1. The number of anilines is 2. The second-order valence-electron chi connectivity index (χ2n) is 12.1. The highest BCUT2D eigenvalue weighted by Crippen LogP contribution is 2.31. The van der Waals surface area contributed by atoms with Crippen LogP contribution in [0.5, 0.6) is 0 Å². The highest BCUT2D eigenvalue weighted by atomic mass is 19.1. The lowest BCUT2D eigenvalue weighted by Crippen LogP contribution is -2.50. The van der Waals surface area contributed by atoms with Gasteiger partial charge in [0.05, 0.1) is 23.9 Å². The number of fused-ring (bicyclic) bond motifs is 1. The van der Waals surface area contributed by atoms with Crippen molar-refractivity contribution in [3.05, 3.63) is 59.7 Å². The minimum absolute atomic E-state index is 0.00221. The molecule has 42 heavy (non-hydrogen) atoms. The van der Waals surface area contributed by atoms with E-state index in [0.29, 0.717) is 28.8 Å². The maximum absolute atomic E-state index is 15.0. The molecule has 2 fully saturated rings. The van der Waals surface area contributed by atoms with Crippen LogP contribution in [0.15, 0.2) is 36.7 Å². The van der Waals surface area contributed by atoms with Gasteiger partial charge in [-0.25, -0.2) is 28.7 Å². The zero-order valence-corrected chi connectivity index (χ0v) is 24.9. The van der Waals surface area contributed by atoms with Gasteiger partial charge in [0, 0.05) is 56.6 Å². The van der Waals surface area contributed by atoms with Gasteiger partial charge in [-0.1, -0.05) is 6.07 Å². The van der Waals surface area contributed by atoms with Crippen molar-refractivity contribution in [3.8, 4) is 11.3 Å². The first-order chi connectivity index (χ1) is 20.1. The number of ether oxygens (including phenoxy) is 1. The van der Waals surface area contributed by atoms with Crippen molar-refractivity contribution in [2.45, 2.75) is 65.3 Å². The van der Waals surface area contributed by atoms with Gasteiger partial charge < -0.3 is 14.6 Å². The summed E-state index contributed by atoms with van der Waals surface area (Å²) in [5.74, 6) is 0.235. The van der Waals surface area contributed by atoms with Crippen molar-refractivity contribution in [1.82, 2.24) is 34.3 Å². The van der Waals surface area contributed by atoms with Crippen molar-refractivity contribution < 1.29 is 13.5 Å². The molecule has 11 heteroatoms. The van der Waals surface area contributed by atoms with Gasteiger partial charge in [-0.3, -0.25) is 9.80 Å². The number of halogens is 2. The molecule has 3 aromatic heterocycles. The van der Waals surface area contributed by atoms with Crippen molar-refractivity contribution in [3.63, 3.8) is 0 Å². The summed E-state index contributed by atoms with van der Waals surface area (Å²) >= 11 is 0. The molecule has 2 saturated heterocycles. The maximum Gasteiger partial charge on any atom is 0.229 e. The quantitative estimate of drug-likeness (QED) is 0.262. The van der Waals surface area contributed by atoms with Crippen LogP contribution in [0.2, 0.25) is 0 Å². The average molecular weight is 577 g/mol. The Morgan fingerprint density at radius 3 is 2.64 bits per heavy atom. The Labute approximate surface area is 245 Å². The summed E-state index contributed by atoms with van der Waals surface area (Å²) in [5, 5.41) is 3.06. The van der Waals surface area contributed by atoms with Crippen LogP contribution in [0.4, 0.5) is 20.5 Å². The summed E-state index contributed by atoms with van der Waals surface area (Å²) in [6, 6.07) is 7.63. The molecule has 1 N–H and O–H groups in total. The van der Waals surface area contributed by atoms with Crippen LogP contribution >= 0.6 is 0 Å². The molecule has 0 radical (unpaired) electrons. The fourth-order valence-corrected chi connectivity index (χ4v) is 5.94. The molecular weight excluding hydrogens is 538 g/mol. The lowest BCUT2D eigenvalue weighted by molar-refractivity contribution is -0.105. The number of morpholine rings is 1. The molecular formula is C31H38F2N8O. The standard InChI is InChI=1S/C31H38F2N8O/c1-19(2)41-21(4)36-29-24(32)12-23(13-26(29)41)28-25(33)15-35-30(38-28)37-27-7-6-22(14-34-27)17-39-10-11-42-31(5,18-39)8-9-40-16-20(40)3/h6-7,12-15,19-20H,8-11,16-18H2,1-5H3,(H,34,35,37,38)/t20?,31-,40?/m1/s1. The van der Waals surface area contributed by atoms with Crippen LogP contribution < -0.4 is 5.32 Å². The molecule has 1 aromatic carbocycles. The van der Waals surface area contributed by atoms with Crippen LogP contribution in [0.1, 0.15) is 51.5 Å². The molecule has 9 nitrogen and oxygen atoms in total. The molecule has 5 heterocycles. The molecule has 3 atom stereocenters. The third-order valence-corrected chi connectivity index (χ3v) is 8.26. The number of benzene rings is 1.